The Morgan fingerprint density at radius 2 is 2.00 bits per heavy atom. The number of aromatic amines is 1. The summed E-state index contributed by atoms with van der Waals surface area (Å²) in [6.07, 6.45) is 2.07. The van der Waals surface area contributed by atoms with Crippen molar-refractivity contribution in [2.45, 2.75) is 43.3 Å². The van der Waals surface area contributed by atoms with Crippen molar-refractivity contribution >= 4 is 45.2 Å². The number of rotatable bonds is 7. The Kier molecular flexibility index (Phi) is 7.37. The number of nitrogens with two attached hydrogens (primary N) is 1. The van der Waals surface area contributed by atoms with Crippen LogP contribution in [-0.4, -0.2) is 54.3 Å². The highest BCUT2D eigenvalue weighted by Crippen LogP contribution is 2.35. The number of halogens is 1. The van der Waals surface area contributed by atoms with Crippen molar-refractivity contribution in [3.05, 3.63) is 70.8 Å². The van der Waals surface area contributed by atoms with Gasteiger partial charge in [0.25, 0.3) is 5.91 Å². The van der Waals surface area contributed by atoms with Gasteiger partial charge >= 0.3 is 0 Å². The molecule has 2 amide bonds. The van der Waals surface area contributed by atoms with Gasteiger partial charge in [0, 0.05) is 39.0 Å². The normalized spacial score (nSPS) is 15.7. The molecule has 1 aliphatic heterocycles. The first-order chi connectivity index (χ1) is 18.2. The van der Waals surface area contributed by atoms with Gasteiger partial charge in [-0.15, -0.1) is 22.0 Å². The fourth-order valence-corrected chi connectivity index (χ4v) is 5.80. The molecular formula is C26H27BrN8O2S. The van der Waals surface area contributed by atoms with Crippen LogP contribution >= 0.6 is 27.7 Å². The zero-order valence-electron chi connectivity index (χ0n) is 20.9. The molecule has 5 rings (SSSR count). The number of benzene rings is 2. The predicted octanol–water partition coefficient (Wildman–Crippen LogP) is 3.67. The lowest BCUT2D eigenvalue weighted by molar-refractivity contribution is -0.127. The van der Waals surface area contributed by atoms with Crippen LogP contribution in [0.15, 0.2) is 70.2 Å². The molecule has 4 N–H and O–H groups in total. The minimum atomic E-state index is -0.658. The standard InChI is InChI=1S/C26H27BrN8O2S/c1-26(2,28)12-23(36)29-19-15-38-22-6-4-3-5-20(22)35(25(19)37)13-16-7-9-18(10-8-16)34-14-17(27)11-21(34)24-30-32-33-31-24/h3-11,14,19H,12-13,15,28H2,1-2H3,(H,29,36)(H,30,31,32,33)/t19-/m1/s1. The molecule has 0 spiro atoms. The maximum absolute atomic E-state index is 13.7. The number of amides is 2. The van der Waals surface area contributed by atoms with E-state index in [-0.39, 0.29) is 18.2 Å². The van der Waals surface area contributed by atoms with Gasteiger partial charge in [0.2, 0.25) is 11.7 Å². The van der Waals surface area contributed by atoms with Gasteiger partial charge < -0.3 is 20.5 Å². The van der Waals surface area contributed by atoms with E-state index in [0.717, 1.165) is 32.0 Å². The van der Waals surface area contributed by atoms with Gasteiger partial charge in [0.05, 0.1) is 17.9 Å². The van der Waals surface area contributed by atoms with Gasteiger partial charge in [-0.3, -0.25) is 9.59 Å². The average molecular weight is 596 g/mol. The van der Waals surface area contributed by atoms with Crippen LogP contribution in [0.25, 0.3) is 17.2 Å². The molecule has 196 valence electrons. The number of hydrogen-bond acceptors (Lipinski definition) is 7. The number of nitrogens with one attached hydrogen (secondary N) is 2. The molecule has 1 aliphatic rings. The minimum Gasteiger partial charge on any atom is -0.343 e. The summed E-state index contributed by atoms with van der Waals surface area (Å²) in [5, 5.41) is 17.2. The van der Waals surface area contributed by atoms with Crippen molar-refractivity contribution in [2.24, 2.45) is 5.73 Å². The van der Waals surface area contributed by atoms with Gasteiger partial charge in [-0.2, -0.15) is 5.21 Å². The van der Waals surface area contributed by atoms with E-state index in [1.807, 2.05) is 65.4 Å². The fraction of sp³-hybridized carbons (Fsp3) is 0.269. The Balaban J connectivity index is 1.40. The maximum atomic E-state index is 13.7. The highest BCUT2D eigenvalue weighted by atomic mass is 79.9. The van der Waals surface area contributed by atoms with E-state index in [1.165, 1.54) is 0 Å². The quantitative estimate of drug-likeness (QED) is 0.297. The Morgan fingerprint density at radius 3 is 2.71 bits per heavy atom. The van der Waals surface area contributed by atoms with Crippen LogP contribution in [0.5, 0.6) is 0 Å². The van der Waals surface area contributed by atoms with Gasteiger partial charge in [0.1, 0.15) is 6.04 Å². The van der Waals surface area contributed by atoms with Crippen LogP contribution in [0.4, 0.5) is 5.69 Å². The molecule has 0 bridgehead atoms. The summed E-state index contributed by atoms with van der Waals surface area (Å²) in [6.45, 7) is 3.94. The lowest BCUT2D eigenvalue weighted by Gasteiger charge is -2.27. The molecule has 0 aliphatic carbocycles. The summed E-state index contributed by atoms with van der Waals surface area (Å²) >= 11 is 5.09. The molecule has 4 aromatic rings. The Bertz CT molecular complexity index is 1450. The van der Waals surface area contributed by atoms with Crippen molar-refractivity contribution < 1.29 is 9.59 Å². The molecule has 0 unspecified atom stereocenters. The molecule has 1 atom stereocenters. The van der Waals surface area contributed by atoms with E-state index >= 15 is 0 Å². The first kappa shape index (κ1) is 26.1. The van der Waals surface area contributed by atoms with Crippen LogP contribution in [0.1, 0.15) is 25.8 Å². The number of fused-ring (bicyclic) bond motifs is 1. The topological polar surface area (TPSA) is 135 Å². The lowest BCUT2D eigenvalue weighted by Crippen LogP contribution is -2.51. The Labute approximate surface area is 232 Å². The summed E-state index contributed by atoms with van der Waals surface area (Å²) in [5.74, 6) is 0.546. The number of thioether (sulfide) groups is 1. The number of tetrazole rings is 1. The van der Waals surface area contributed by atoms with E-state index in [4.69, 9.17) is 5.73 Å². The molecule has 2 aromatic carbocycles. The van der Waals surface area contributed by atoms with Crippen molar-refractivity contribution in [2.75, 3.05) is 10.7 Å². The van der Waals surface area contributed by atoms with Crippen molar-refractivity contribution in [1.29, 1.82) is 0 Å². The van der Waals surface area contributed by atoms with Crippen LogP contribution in [0, 0.1) is 0 Å². The lowest BCUT2D eigenvalue weighted by atomic mass is 10.0. The summed E-state index contributed by atoms with van der Waals surface area (Å²) < 4.78 is 2.85. The number of carbonyl (C=O) groups is 2. The van der Waals surface area contributed by atoms with Gasteiger partial charge in [0.15, 0.2) is 0 Å². The molecule has 12 heteroatoms. The molecule has 0 fully saturated rings. The highest BCUT2D eigenvalue weighted by molar-refractivity contribution is 9.10. The third-order valence-electron chi connectivity index (χ3n) is 5.99. The molecule has 0 radical (unpaired) electrons. The third-order valence-corrected chi connectivity index (χ3v) is 7.58. The van der Waals surface area contributed by atoms with E-state index < -0.39 is 11.6 Å². The van der Waals surface area contributed by atoms with Crippen LogP contribution in [0.3, 0.4) is 0 Å². The molecule has 3 heterocycles. The number of nitrogens with zero attached hydrogens (tertiary/aromatic N) is 5. The molecular weight excluding hydrogens is 568 g/mol. The zero-order chi connectivity index (χ0) is 26.9. The van der Waals surface area contributed by atoms with Crippen LogP contribution < -0.4 is 16.0 Å². The Morgan fingerprint density at radius 1 is 1.24 bits per heavy atom. The number of aromatic nitrogens is 5. The van der Waals surface area contributed by atoms with Crippen molar-refractivity contribution in [3.63, 3.8) is 0 Å². The first-order valence-corrected chi connectivity index (χ1v) is 13.8. The van der Waals surface area contributed by atoms with E-state index in [0.29, 0.717) is 18.1 Å². The second-order valence-electron chi connectivity index (χ2n) is 9.80. The second-order valence-corrected chi connectivity index (χ2v) is 11.8. The number of H-pyrrole nitrogens is 1. The van der Waals surface area contributed by atoms with Crippen molar-refractivity contribution in [1.82, 2.24) is 30.5 Å². The van der Waals surface area contributed by atoms with Gasteiger partial charge in [-0.25, -0.2) is 0 Å². The van der Waals surface area contributed by atoms with E-state index in [9.17, 15) is 9.59 Å². The summed E-state index contributed by atoms with van der Waals surface area (Å²) in [6, 6.07) is 17.0. The SMILES string of the molecule is CC(C)(N)CC(=O)N[C@@H]1CSc2ccccc2N(Cc2ccc(-n3cc(Br)cc3-c3nn[nH]n3)cc2)C1=O. The smallest absolute Gasteiger partial charge is 0.250 e. The largest absolute Gasteiger partial charge is 0.343 e. The van der Waals surface area contributed by atoms with Crippen LogP contribution in [-0.2, 0) is 16.1 Å². The monoisotopic (exact) mass is 594 g/mol. The highest BCUT2D eigenvalue weighted by Gasteiger charge is 2.32. The maximum Gasteiger partial charge on any atom is 0.250 e. The summed E-state index contributed by atoms with van der Waals surface area (Å²) in [4.78, 5) is 29.1. The number of hydrogen-bond donors (Lipinski definition) is 3. The Hall–Kier alpha value is -3.48. The van der Waals surface area contributed by atoms with Gasteiger partial charge in [-0.1, -0.05) is 24.3 Å². The number of anilines is 1. The van der Waals surface area contributed by atoms with E-state index in [2.05, 4.69) is 41.9 Å². The molecule has 0 saturated heterocycles. The van der Waals surface area contributed by atoms with Crippen molar-refractivity contribution in [3.8, 4) is 17.2 Å². The summed E-state index contributed by atoms with van der Waals surface area (Å²) in [7, 11) is 0. The minimum absolute atomic E-state index is 0.136. The second kappa shape index (κ2) is 10.7. The van der Waals surface area contributed by atoms with Gasteiger partial charge in [-0.05, 0) is 70.9 Å². The summed E-state index contributed by atoms with van der Waals surface area (Å²) in [5.41, 5.74) is 8.83. The molecule has 0 saturated carbocycles. The molecule has 38 heavy (non-hydrogen) atoms. The zero-order valence-corrected chi connectivity index (χ0v) is 23.3. The fourth-order valence-electron chi connectivity index (χ4n) is 4.31. The first-order valence-electron chi connectivity index (χ1n) is 12.0. The predicted molar refractivity (Wildman–Crippen MR) is 150 cm³/mol. The number of carbonyl (C=O) groups excluding carboxylic acids is 2. The molecule has 2 aromatic heterocycles. The van der Waals surface area contributed by atoms with Crippen LogP contribution in [0.2, 0.25) is 0 Å². The molecule has 10 nitrogen and oxygen atoms in total. The third kappa shape index (κ3) is 5.82. The van der Waals surface area contributed by atoms with E-state index in [1.54, 1.807) is 30.5 Å². The number of para-hydroxylation sites is 1. The average Bonchev–Trinajstić information content (AvgIpc) is 3.51.